The molecule has 3 fully saturated rings. The molecule has 102 valence electrons. The summed E-state index contributed by atoms with van der Waals surface area (Å²) >= 11 is 0. The highest BCUT2D eigenvalue weighted by molar-refractivity contribution is 5.90. The SMILES string of the molecule is C=C1CC(=O)[C@@H]2C(=C)[C@H](O)C[C@H]3[C@H](OC(=O)[C@@H]3C)[C@H]12. The third-order valence-electron chi connectivity index (χ3n) is 4.94. The first-order chi connectivity index (χ1) is 8.91. The van der Waals surface area contributed by atoms with E-state index in [1.165, 1.54) is 0 Å². The highest BCUT2D eigenvalue weighted by Gasteiger charge is 2.56. The quantitative estimate of drug-likeness (QED) is 0.527. The molecular formula is C15H18O4. The monoisotopic (exact) mass is 262 g/mol. The fourth-order valence-electron chi connectivity index (χ4n) is 3.83. The lowest BCUT2D eigenvalue weighted by Gasteiger charge is -2.25. The number of hydrogen-bond donors (Lipinski definition) is 1. The van der Waals surface area contributed by atoms with Crippen LogP contribution < -0.4 is 0 Å². The second kappa shape index (κ2) is 4.04. The molecule has 1 heterocycles. The minimum Gasteiger partial charge on any atom is -0.461 e. The normalized spacial score (nSPS) is 45.8. The van der Waals surface area contributed by atoms with Crippen molar-refractivity contribution in [3.63, 3.8) is 0 Å². The lowest BCUT2D eigenvalue weighted by atomic mass is 9.80. The summed E-state index contributed by atoms with van der Waals surface area (Å²) < 4.78 is 5.48. The molecule has 0 aromatic carbocycles. The van der Waals surface area contributed by atoms with Gasteiger partial charge in [-0.15, -0.1) is 0 Å². The van der Waals surface area contributed by atoms with Crippen LogP contribution in [-0.2, 0) is 14.3 Å². The number of Topliss-reactive ketones (excluding diaryl/α,β-unsaturated/α-hetero) is 1. The molecule has 4 heteroatoms. The van der Waals surface area contributed by atoms with Crippen molar-refractivity contribution in [3.8, 4) is 0 Å². The molecule has 0 radical (unpaired) electrons. The van der Waals surface area contributed by atoms with Gasteiger partial charge < -0.3 is 9.84 Å². The van der Waals surface area contributed by atoms with E-state index in [9.17, 15) is 14.7 Å². The van der Waals surface area contributed by atoms with E-state index in [0.717, 1.165) is 5.57 Å². The molecule has 3 aliphatic rings. The topological polar surface area (TPSA) is 63.6 Å². The number of carbonyl (C=O) groups excluding carboxylic acids is 2. The number of hydrogen-bond acceptors (Lipinski definition) is 4. The Morgan fingerprint density at radius 3 is 2.68 bits per heavy atom. The number of fused-ring (bicyclic) bond motifs is 3. The van der Waals surface area contributed by atoms with Crippen molar-refractivity contribution in [2.24, 2.45) is 23.7 Å². The summed E-state index contributed by atoms with van der Waals surface area (Å²) in [6, 6.07) is 0. The molecule has 2 saturated carbocycles. The van der Waals surface area contributed by atoms with E-state index in [-0.39, 0.29) is 35.6 Å². The zero-order valence-corrected chi connectivity index (χ0v) is 11.0. The minimum atomic E-state index is -0.741. The summed E-state index contributed by atoms with van der Waals surface area (Å²) in [5.74, 6) is -1.13. The van der Waals surface area contributed by atoms with Gasteiger partial charge in [-0.05, 0) is 12.0 Å². The van der Waals surface area contributed by atoms with Gasteiger partial charge in [-0.25, -0.2) is 0 Å². The maximum Gasteiger partial charge on any atom is 0.309 e. The van der Waals surface area contributed by atoms with E-state index >= 15 is 0 Å². The zero-order valence-electron chi connectivity index (χ0n) is 11.0. The molecule has 0 amide bonds. The van der Waals surface area contributed by atoms with Crippen molar-refractivity contribution < 1.29 is 19.4 Å². The predicted octanol–water partition coefficient (Wildman–Crippen LogP) is 1.25. The molecule has 1 N–H and O–H groups in total. The number of ketones is 1. The Hall–Kier alpha value is -1.42. The highest BCUT2D eigenvalue weighted by Crippen LogP contribution is 2.50. The number of aliphatic hydroxyl groups excluding tert-OH is 1. The first-order valence-corrected chi connectivity index (χ1v) is 6.69. The second-order valence-corrected chi connectivity index (χ2v) is 5.99. The van der Waals surface area contributed by atoms with E-state index in [0.29, 0.717) is 18.4 Å². The maximum absolute atomic E-state index is 12.1. The molecule has 0 aromatic rings. The van der Waals surface area contributed by atoms with Gasteiger partial charge in [0.2, 0.25) is 0 Å². The van der Waals surface area contributed by atoms with E-state index in [1.54, 1.807) is 0 Å². The molecule has 4 nitrogen and oxygen atoms in total. The fraction of sp³-hybridized carbons (Fsp3) is 0.600. The summed E-state index contributed by atoms with van der Waals surface area (Å²) in [5, 5.41) is 10.2. The number of rotatable bonds is 0. The van der Waals surface area contributed by atoms with Crippen LogP contribution in [-0.4, -0.2) is 29.1 Å². The minimum absolute atomic E-state index is 0.0373. The molecule has 1 saturated heterocycles. The molecule has 19 heavy (non-hydrogen) atoms. The van der Waals surface area contributed by atoms with Crippen molar-refractivity contribution in [1.82, 2.24) is 0 Å². The molecule has 2 aliphatic carbocycles. The van der Waals surface area contributed by atoms with Crippen LogP contribution in [0, 0.1) is 23.7 Å². The Labute approximate surface area is 112 Å². The molecule has 1 aliphatic heterocycles. The Morgan fingerprint density at radius 2 is 2.00 bits per heavy atom. The van der Waals surface area contributed by atoms with Crippen LogP contribution in [0.1, 0.15) is 19.8 Å². The van der Waals surface area contributed by atoms with Gasteiger partial charge in [0.05, 0.1) is 17.9 Å². The molecule has 0 spiro atoms. The number of carbonyl (C=O) groups is 2. The summed E-state index contributed by atoms with van der Waals surface area (Å²) in [5.41, 5.74) is 1.37. The van der Waals surface area contributed by atoms with Gasteiger partial charge in [0.25, 0.3) is 0 Å². The van der Waals surface area contributed by atoms with Crippen LogP contribution in [0.25, 0.3) is 0 Å². The molecule has 0 unspecified atom stereocenters. The van der Waals surface area contributed by atoms with Crippen LogP contribution in [0.3, 0.4) is 0 Å². The third-order valence-corrected chi connectivity index (χ3v) is 4.94. The number of esters is 1. The summed E-state index contributed by atoms with van der Waals surface area (Å²) in [6.45, 7) is 9.69. The van der Waals surface area contributed by atoms with E-state index in [2.05, 4.69) is 13.2 Å². The summed E-state index contributed by atoms with van der Waals surface area (Å²) in [6.07, 6.45) is -0.338. The molecule has 3 rings (SSSR count). The molecule has 6 atom stereocenters. The van der Waals surface area contributed by atoms with E-state index < -0.39 is 12.0 Å². The molecule has 0 bridgehead atoms. The van der Waals surface area contributed by atoms with Crippen molar-refractivity contribution in [2.75, 3.05) is 0 Å². The van der Waals surface area contributed by atoms with Crippen molar-refractivity contribution in [1.29, 1.82) is 0 Å². The van der Waals surface area contributed by atoms with Gasteiger partial charge in [-0.1, -0.05) is 25.7 Å². The standard InChI is InChI=1S/C15H18O4/c1-6-4-11(17)13-8(3)10(16)5-9-7(2)15(18)19-14(9)12(6)13/h7,9-10,12-14,16H,1,3-5H2,2H3/t7-,9-,10-,12-,13+,14+/m1/s1. The summed E-state index contributed by atoms with van der Waals surface area (Å²) in [7, 11) is 0. The molecular weight excluding hydrogens is 244 g/mol. The zero-order chi connectivity index (χ0) is 13.9. The van der Waals surface area contributed by atoms with Crippen LogP contribution >= 0.6 is 0 Å². The predicted molar refractivity (Wildman–Crippen MR) is 68.0 cm³/mol. The van der Waals surface area contributed by atoms with E-state index in [1.807, 2.05) is 6.92 Å². The lowest BCUT2D eigenvalue weighted by molar-refractivity contribution is -0.145. The third kappa shape index (κ3) is 1.62. The van der Waals surface area contributed by atoms with Gasteiger partial charge in [-0.3, -0.25) is 9.59 Å². The average Bonchev–Trinajstić information content (AvgIpc) is 2.74. The van der Waals surface area contributed by atoms with Crippen LogP contribution in [0.4, 0.5) is 0 Å². The van der Waals surface area contributed by atoms with Gasteiger partial charge in [0, 0.05) is 18.3 Å². The first kappa shape index (κ1) is 12.6. The smallest absolute Gasteiger partial charge is 0.309 e. The van der Waals surface area contributed by atoms with Gasteiger partial charge >= 0.3 is 5.97 Å². The van der Waals surface area contributed by atoms with Gasteiger partial charge in [0.15, 0.2) is 0 Å². The summed E-state index contributed by atoms with van der Waals surface area (Å²) in [4.78, 5) is 23.9. The van der Waals surface area contributed by atoms with Crippen LogP contribution in [0.5, 0.6) is 0 Å². The maximum atomic E-state index is 12.1. The second-order valence-electron chi connectivity index (χ2n) is 5.99. The van der Waals surface area contributed by atoms with E-state index in [4.69, 9.17) is 4.74 Å². The Bertz CT molecular complexity index is 492. The lowest BCUT2D eigenvalue weighted by Crippen LogP contribution is -2.30. The number of aliphatic hydroxyl groups is 1. The van der Waals surface area contributed by atoms with Crippen molar-refractivity contribution >= 4 is 11.8 Å². The van der Waals surface area contributed by atoms with Gasteiger partial charge in [0.1, 0.15) is 11.9 Å². The Balaban J connectivity index is 2.06. The number of ether oxygens (including phenoxy) is 1. The van der Waals surface area contributed by atoms with Crippen molar-refractivity contribution in [2.45, 2.75) is 32.0 Å². The van der Waals surface area contributed by atoms with Crippen LogP contribution in [0.15, 0.2) is 24.3 Å². The van der Waals surface area contributed by atoms with Crippen LogP contribution in [0.2, 0.25) is 0 Å². The fourth-order valence-corrected chi connectivity index (χ4v) is 3.83. The molecule has 0 aromatic heterocycles. The highest BCUT2D eigenvalue weighted by atomic mass is 16.6. The Kier molecular flexibility index (Phi) is 2.68. The Morgan fingerprint density at radius 1 is 1.32 bits per heavy atom. The first-order valence-electron chi connectivity index (χ1n) is 6.69. The largest absolute Gasteiger partial charge is 0.461 e. The van der Waals surface area contributed by atoms with Crippen molar-refractivity contribution in [3.05, 3.63) is 24.3 Å². The average molecular weight is 262 g/mol. The van der Waals surface area contributed by atoms with Gasteiger partial charge in [-0.2, -0.15) is 0 Å².